The Bertz CT molecular complexity index is 612. The molecule has 0 fully saturated rings. The Morgan fingerprint density at radius 3 is 1.28 bits per heavy atom. The van der Waals surface area contributed by atoms with E-state index < -0.39 is 65.6 Å². The summed E-state index contributed by atoms with van der Waals surface area (Å²) in [6.07, 6.45) is -8.08. The maximum atomic E-state index is 13.4. The van der Waals surface area contributed by atoms with Gasteiger partial charge in [-0.2, -0.15) is 65.9 Å². The first kappa shape index (κ1) is 27.4. The number of nitrogens with zero attached hydrogens (tertiary/aromatic N) is 1. The van der Waals surface area contributed by atoms with Crippen molar-refractivity contribution in [3.63, 3.8) is 0 Å². The van der Waals surface area contributed by atoms with Crippen molar-refractivity contribution in [1.29, 1.82) is 0 Å². The lowest BCUT2D eigenvalue weighted by Gasteiger charge is -2.41. The molecule has 0 radical (unpaired) electrons. The van der Waals surface area contributed by atoms with Crippen LogP contribution in [0.5, 0.6) is 0 Å². The second-order valence-corrected chi connectivity index (χ2v) is 5.44. The third-order valence-electron chi connectivity index (χ3n) is 3.32. The van der Waals surface area contributed by atoms with E-state index in [2.05, 4.69) is 5.84 Å². The summed E-state index contributed by atoms with van der Waals surface area (Å²) in [5.41, 5.74) is 0. The standard InChI is InChI=1S/C11H9F15N2O/c1-2-3-28(27)4(29)5(12,13)6(14,15)7(16,17)8(18,19)9(20,21)10(22,23)11(24,25)26/h2-3,27H2,1H3. The topological polar surface area (TPSA) is 46.3 Å². The molecule has 0 spiro atoms. The van der Waals surface area contributed by atoms with Crippen molar-refractivity contribution in [3.05, 3.63) is 0 Å². The van der Waals surface area contributed by atoms with Gasteiger partial charge in [0.1, 0.15) is 0 Å². The molecule has 0 unspecified atom stereocenters. The van der Waals surface area contributed by atoms with Gasteiger partial charge in [0.25, 0.3) is 0 Å². The number of carbonyl (C=O) groups is 1. The smallest absolute Gasteiger partial charge is 0.275 e. The Kier molecular flexibility index (Phi) is 6.85. The highest BCUT2D eigenvalue weighted by molar-refractivity contribution is 5.84. The van der Waals surface area contributed by atoms with E-state index in [4.69, 9.17) is 0 Å². The summed E-state index contributed by atoms with van der Waals surface area (Å²) in [6.45, 7) is -0.0132. The van der Waals surface area contributed by atoms with Gasteiger partial charge in [-0.3, -0.25) is 9.80 Å². The zero-order valence-corrected chi connectivity index (χ0v) is 13.5. The van der Waals surface area contributed by atoms with Gasteiger partial charge in [-0.15, -0.1) is 0 Å². The third-order valence-corrected chi connectivity index (χ3v) is 3.32. The van der Waals surface area contributed by atoms with E-state index in [0.29, 0.717) is 0 Å². The third kappa shape index (κ3) is 3.67. The Balaban J connectivity index is 6.54. The van der Waals surface area contributed by atoms with Crippen LogP contribution in [0, 0.1) is 0 Å². The van der Waals surface area contributed by atoms with Crippen molar-refractivity contribution in [2.45, 2.75) is 55.1 Å². The second kappa shape index (κ2) is 7.26. The number of hydrogen-bond acceptors (Lipinski definition) is 2. The Morgan fingerprint density at radius 2 is 0.966 bits per heavy atom. The minimum atomic E-state index is -8.43. The monoisotopic (exact) mass is 470 g/mol. The maximum absolute atomic E-state index is 13.4. The van der Waals surface area contributed by atoms with Crippen molar-refractivity contribution in [1.82, 2.24) is 5.01 Å². The van der Waals surface area contributed by atoms with E-state index in [1.165, 1.54) is 0 Å². The normalized spacial score (nSPS) is 15.5. The van der Waals surface area contributed by atoms with Crippen LogP contribution in [0.2, 0.25) is 0 Å². The molecule has 0 heterocycles. The summed E-state index contributed by atoms with van der Waals surface area (Å²) in [5.74, 6) is -47.1. The summed E-state index contributed by atoms with van der Waals surface area (Å²) in [5, 5.41) is -0.898. The highest BCUT2D eigenvalue weighted by Crippen LogP contribution is 2.62. The number of hydrazine groups is 1. The van der Waals surface area contributed by atoms with Crippen LogP contribution in [-0.2, 0) is 4.79 Å². The first-order valence-electron chi connectivity index (χ1n) is 6.79. The van der Waals surface area contributed by atoms with E-state index in [9.17, 15) is 70.7 Å². The molecule has 0 rings (SSSR count). The van der Waals surface area contributed by atoms with Crippen LogP contribution >= 0.6 is 0 Å². The van der Waals surface area contributed by atoms with Crippen molar-refractivity contribution in [2.24, 2.45) is 5.84 Å². The van der Waals surface area contributed by atoms with Crippen LogP contribution in [0.25, 0.3) is 0 Å². The predicted molar refractivity (Wildman–Crippen MR) is 61.9 cm³/mol. The predicted octanol–water partition coefficient (Wildman–Crippen LogP) is 4.47. The van der Waals surface area contributed by atoms with Crippen LogP contribution in [0.15, 0.2) is 0 Å². The van der Waals surface area contributed by atoms with E-state index >= 15 is 0 Å². The van der Waals surface area contributed by atoms with Gasteiger partial charge in [0.2, 0.25) is 0 Å². The molecule has 0 saturated carbocycles. The van der Waals surface area contributed by atoms with Crippen molar-refractivity contribution in [3.8, 4) is 0 Å². The van der Waals surface area contributed by atoms with Crippen LogP contribution in [0.4, 0.5) is 65.9 Å². The lowest BCUT2D eigenvalue weighted by atomic mass is 9.90. The average molecular weight is 470 g/mol. The van der Waals surface area contributed by atoms with Gasteiger partial charge in [-0.05, 0) is 6.42 Å². The first-order chi connectivity index (χ1) is 12.4. The van der Waals surface area contributed by atoms with Gasteiger partial charge >= 0.3 is 47.6 Å². The highest BCUT2D eigenvalue weighted by Gasteiger charge is 2.94. The second-order valence-electron chi connectivity index (χ2n) is 5.44. The van der Waals surface area contributed by atoms with Gasteiger partial charge in [0.15, 0.2) is 0 Å². The SMILES string of the molecule is CCCN(N)C(=O)C(F)(F)C(F)(F)C(F)(F)C(F)(F)C(F)(F)C(F)(F)C(F)(F)F. The van der Waals surface area contributed by atoms with E-state index in [-0.39, 0.29) is 0 Å². The Labute approximate surface area is 150 Å². The van der Waals surface area contributed by atoms with Gasteiger partial charge in [0.05, 0.1) is 0 Å². The van der Waals surface area contributed by atoms with Gasteiger partial charge < -0.3 is 0 Å². The zero-order chi connectivity index (χ0) is 24.1. The largest absolute Gasteiger partial charge is 0.460 e. The number of amides is 1. The number of nitrogens with two attached hydrogens (primary N) is 1. The Morgan fingerprint density at radius 1 is 0.655 bits per heavy atom. The molecule has 3 nitrogen and oxygen atoms in total. The molecule has 0 bridgehead atoms. The number of alkyl halides is 15. The molecule has 18 heteroatoms. The molecular formula is C11H9F15N2O. The molecule has 2 N–H and O–H groups in total. The number of carbonyl (C=O) groups excluding carboxylic acids is 1. The van der Waals surface area contributed by atoms with Crippen LogP contribution < -0.4 is 5.84 Å². The molecule has 0 aromatic carbocycles. The molecule has 0 atom stereocenters. The fourth-order valence-corrected chi connectivity index (χ4v) is 1.62. The number of halogens is 15. The van der Waals surface area contributed by atoms with Gasteiger partial charge in [-0.1, -0.05) is 6.92 Å². The lowest BCUT2D eigenvalue weighted by Crippen LogP contribution is -2.74. The quantitative estimate of drug-likeness (QED) is 0.246. The average Bonchev–Trinajstić information content (AvgIpc) is 2.52. The Hall–Kier alpha value is -1.62. The van der Waals surface area contributed by atoms with E-state index in [0.717, 1.165) is 6.92 Å². The first-order valence-corrected chi connectivity index (χ1v) is 6.79. The highest BCUT2D eigenvalue weighted by atomic mass is 19.4. The molecule has 0 aromatic heterocycles. The zero-order valence-electron chi connectivity index (χ0n) is 13.5. The number of rotatable bonds is 8. The summed E-state index contributed by atoms with van der Waals surface area (Å²) in [6, 6.07) is 0. The van der Waals surface area contributed by atoms with Crippen LogP contribution in [0.1, 0.15) is 13.3 Å². The van der Waals surface area contributed by atoms with Crippen molar-refractivity contribution in [2.75, 3.05) is 6.54 Å². The maximum Gasteiger partial charge on any atom is 0.460 e. The minimum Gasteiger partial charge on any atom is -0.275 e. The fourth-order valence-electron chi connectivity index (χ4n) is 1.62. The fraction of sp³-hybridized carbons (Fsp3) is 0.909. The van der Waals surface area contributed by atoms with Gasteiger partial charge in [0, 0.05) is 6.54 Å². The molecule has 0 aliphatic heterocycles. The van der Waals surface area contributed by atoms with E-state index in [1.807, 2.05) is 0 Å². The molecule has 0 aliphatic carbocycles. The molecule has 174 valence electrons. The molecule has 0 saturated heterocycles. The summed E-state index contributed by atoms with van der Waals surface area (Å²) in [4.78, 5) is 11.1. The summed E-state index contributed by atoms with van der Waals surface area (Å²) < 4.78 is 193. The molecule has 29 heavy (non-hydrogen) atoms. The van der Waals surface area contributed by atoms with Crippen molar-refractivity contribution < 1.29 is 70.7 Å². The van der Waals surface area contributed by atoms with Crippen molar-refractivity contribution >= 4 is 5.91 Å². The summed E-state index contributed by atoms with van der Waals surface area (Å²) >= 11 is 0. The minimum absolute atomic E-state index is 0.397. The molecule has 1 amide bonds. The van der Waals surface area contributed by atoms with Gasteiger partial charge in [-0.25, -0.2) is 5.84 Å². The molecule has 0 aromatic rings. The summed E-state index contributed by atoms with van der Waals surface area (Å²) in [7, 11) is 0. The lowest BCUT2D eigenvalue weighted by molar-refractivity contribution is -0.449. The van der Waals surface area contributed by atoms with Crippen LogP contribution in [-0.4, -0.2) is 59.2 Å². The molecule has 0 aliphatic rings. The van der Waals surface area contributed by atoms with E-state index in [1.54, 1.807) is 0 Å². The van der Waals surface area contributed by atoms with Crippen LogP contribution in [0.3, 0.4) is 0 Å². The molecular weight excluding hydrogens is 461 g/mol. The number of hydrogen-bond donors (Lipinski definition) is 1.